The summed E-state index contributed by atoms with van der Waals surface area (Å²) in [7, 11) is 0. The van der Waals surface area contributed by atoms with E-state index in [4.69, 9.17) is 4.74 Å². The van der Waals surface area contributed by atoms with E-state index in [1.807, 2.05) is 18.2 Å². The lowest BCUT2D eigenvalue weighted by molar-refractivity contribution is 0.0719. The van der Waals surface area contributed by atoms with Crippen molar-refractivity contribution in [1.29, 1.82) is 0 Å². The summed E-state index contributed by atoms with van der Waals surface area (Å²) in [6.45, 7) is 11.2. The van der Waals surface area contributed by atoms with Gasteiger partial charge in [-0.1, -0.05) is 26.7 Å². The van der Waals surface area contributed by atoms with Gasteiger partial charge in [0.2, 0.25) is 0 Å². The molecule has 0 amide bonds. The van der Waals surface area contributed by atoms with E-state index in [1.165, 1.54) is 0 Å². The SMILES string of the molecule is CC(C)CN(S)CCOC(C)C. The maximum atomic E-state index is 5.40. The molecule has 0 aromatic carbocycles. The van der Waals surface area contributed by atoms with E-state index in [0.29, 0.717) is 12.0 Å². The molecule has 0 aliphatic carbocycles. The van der Waals surface area contributed by atoms with Gasteiger partial charge in [0.05, 0.1) is 12.7 Å². The number of hydrogen-bond acceptors (Lipinski definition) is 3. The van der Waals surface area contributed by atoms with Crippen molar-refractivity contribution < 1.29 is 4.74 Å². The van der Waals surface area contributed by atoms with Crippen LogP contribution in [0.4, 0.5) is 0 Å². The van der Waals surface area contributed by atoms with Crippen molar-refractivity contribution in [2.75, 3.05) is 19.7 Å². The van der Waals surface area contributed by atoms with E-state index >= 15 is 0 Å². The fourth-order valence-corrected chi connectivity index (χ4v) is 1.31. The summed E-state index contributed by atoms with van der Waals surface area (Å²) < 4.78 is 7.41. The van der Waals surface area contributed by atoms with Gasteiger partial charge in [-0.2, -0.15) is 0 Å². The first-order valence-corrected chi connectivity index (χ1v) is 4.97. The molecular weight excluding hydrogens is 170 g/mol. The maximum absolute atomic E-state index is 5.40. The van der Waals surface area contributed by atoms with Crippen molar-refractivity contribution in [2.24, 2.45) is 5.92 Å². The average molecular weight is 191 g/mol. The minimum absolute atomic E-state index is 0.325. The zero-order valence-electron chi connectivity index (χ0n) is 8.58. The molecular formula is C9H21NOS. The highest BCUT2D eigenvalue weighted by Crippen LogP contribution is 2.01. The van der Waals surface area contributed by atoms with Crippen molar-refractivity contribution in [2.45, 2.75) is 33.8 Å². The van der Waals surface area contributed by atoms with E-state index in [2.05, 4.69) is 26.7 Å². The van der Waals surface area contributed by atoms with Gasteiger partial charge >= 0.3 is 0 Å². The first-order chi connectivity index (χ1) is 5.52. The Kier molecular flexibility index (Phi) is 6.90. The summed E-state index contributed by atoms with van der Waals surface area (Å²) in [6.07, 6.45) is 0.325. The van der Waals surface area contributed by atoms with Crippen molar-refractivity contribution in [3.05, 3.63) is 0 Å². The molecule has 0 aliphatic heterocycles. The van der Waals surface area contributed by atoms with Gasteiger partial charge in [-0.15, -0.1) is 0 Å². The molecule has 74 valence electrons. The third-order valence-corrected chi connectivity index (χ3v) is 1.74. The second-order valence-electron chi connectivity index (χ2n) is 3.73. The molecule has 0 heterocycles. The number of ether oxygens (including phenoxy) is 1. The lowest BCUT2D eigenvalue weighted by atomic mass is 10.2. The molecule has 0 spiro atoms. The monoisotopic (exact) mass is 191 g/mol. The largest absolute Gasteiger partial charge is 0.377 e. The van der Waals surface area contributed by atoms with Gasteiger partial charge in [-0.05, 0) is 19.8 Å². The second kappa shape index (κ2) is 6.75. The van der Waals surface area contributed by atoms with E-state index in [-0.39, 0.29) is 0 Å². The Balaban J connectivity index is 3.25. The van der Waals surface area contributed by atoms with Crippen molar-refractivity contribution >= 4 is 12.8 Å². The standard InChI is InChI=1S/C9H21NOS/c1-8(2)7-10(12)5-6-11-9(3)4/h8-9,12H,5-7H2,1-4H3. The molecule has 0 bridgehead atoms. The van der Waals surface area contributed by atoms with Crippen LogP contribution in [0.3, 0.4) is 0 Å². The number of thiol groups is 1. The first-order valence-electron chi connectivity index (χ1n) is 4.57. The third kappa shape index (κ3) is 8.37. The minimum atomic E-state index is 0.325. The molecule has 0 fully saturated rings. The summed E-state index contributed by atoms with van der Waals surface area (Å²) in [6, 6.07) is 0. The van der Waals surface area contributed by atoms with Crippen molar-refractivity contribution in [3.63, 3.8) is 0 Å². The van der Waals surface area contributed by atoms with E-state index in [9.17, 15) is 0 Å². The molecule has 0 aromatic heterocycles. The van der Waals surface area contributed by atoms with Crippen LogP contribution in [0.25, 0.3) is 0 Å². The number of hydrogen-bond donors (Lipinski definition) is 1. The van der Waals surface area contributed by atoms with Gasteiger partial charge in [0.1, 0.15) is 0 Å². The molecule has 0 N–H and O–H groups in total. The van der Waals surface area contributed by atoms with E-state index in [1.54, 1.807) is 0 Å². The molecule has 12 heavy (non-hydrogen) atoms. The summed E-state index contributed by atoms with van der Waals surface area (Å²) in [5.74, 6) is 0.668. The molecule has 0 radical (unpaired) electrons. The fraction of sp³-hybridized carbons (Fsp3) is 1.00. The van der Waals surface area contributed by atoms with Crippen LogP contribution in [-0.4, -0.2) is 30.1 Å². The highest BCUT2D eigenvalue weighted by molar-refractivity contribution is 7.77. The Bertz CT molecular complexity index is 107. The topological polar surface area (TPSA) is 12.5 Å². The van der Waals surface area contributed by atoms with E-state index < -0.39 is 0 Å². The Morgan fingerprint density at radius 2 is 1.83 bits per heavy atom. The Labute approximate surface area is 81.8 Å². The van der Waals surface area contributed by atoms with Crippen molar-refractivity contribution in [1.82, 2.24) is 4.31 Å². The summed E-state index contributed by atoms with van der Waals surface area (Å²) in [4.78, 5) is 0. The summed E-state index contributed by atoms with van der Waals surface area (Å²) >= 11 is 4.33. The van der Waals surface area contributed by atoms with Gasteiger partial charge < -0.3 is 4.74 Å². The predicted molar refractivity (Wildman–Crippen MR) is 56.5 cm³/mol. The predicted octanol–water partition coefficient (Wildman–Crippen LogP) is 2.21. The minimum Gasteiger partial charge on any atom is -0.377 e. The zero-order valence-corrected chi connectivity index (χ0v) is 9.47. The Morgan fingerprint density at radius 1 is 1.25 bits per heavy atom. The molecule has 0 atom stereocenters. The molecule has 0 aliphatic rings. The van der Waals surface area contributed by atoms with Crippen LogP contribution in [0.2, 0.25) is 0 Å². The van der Waals surface area contributed by atoms with E-state index in [0.717, 1.165) is 19.7 Å². The van der Waals surface area contributed by atoms with Crippen LogP contribution in [0.1, 0.15) is 27.7 Å². The highest BCUT2D eigenvalue weighted by atomic mass is 32.1. The smallest absolute Gasteiger partial charge is 0.0606 e. The van der Waals surface area contributed by atoms with Crippen LogP contribution in [-0.2, 0) is 4.74 Å². The van der Waals surface area contributed by atoms with Gasteiger partial charge in [-0.25, -0.2) is 0 Å². The van der Waals surface area contributed by atoms with Gasteiger partial charge in [0.15, 0.2) is 0 Å². The molecule has 0 saturated carbocycles. The Morgan fingerprint density at radius 3 is 2.25 bits per heavy atom. The summed E-state index contributed by atoms with van der Waals surface area (Å²) in [5, 5.41) is 0. The molecule has 0 unspecified atom stereocenters. The molecule has 0 rings (SSSR count). The maximum Gasteiger partial charge on any atom is 0.0606 e. The zero-order chi connectivity index (χ0) is 9.56. The molecule has 0 aromatic rings. The lowest BCUT2D eigenvalue weighted by Gasteiger charge is -2.18. The van der Waals surface area contributed by atoms with Crippen LogP contribution < -0.4 is 0 Å². The molecule has 3 heteroatoms. The van der Waals surface area contributed by atoms with Crippen LogP contribution in [0.15, 0.2) is 0 Å². The quantitative estimate of drug-likeness (QED) is 0.646. The van der Waals surface area contributed by atoms with Gasteiger partial charge in [0, 0.05) is 13.1 Å². The normalized spacial score (nSPS) is 12.0. The Hall–Kier alpha value is 0.270. The number of rotatable bonds is 6. The third-order valence-electron chi connectivity index (χ3n) is 1.38. The fourth-order valence-electron chi connectivity index (χ4n) is 0.907. The molecule has 0 saturated heterocycles. The first kappa shape index (κ1) is 12.3. The summed E-state index contributed by atoms with van der Waals surface area (Å²) in [5.41, 5.74) is 0. The van der Waals surface area contributed by atoms with Crippen LogP contribution in [0, 0.1) is 5.92 Å². The average Bonchev–Trinajstić information content (AvgIpc) is 1.84. The second-order valence-corrected chi connectivity index (χ2v) is 4.29. The highest BCUT2D eigenvalue weighted by Gasteiger charge is 2.02. The number of nitrogens with zero attached hydrogens (tertiary/aromatic N) is 1. The van der Waals surface area contributed by atoms with Gasteiger partial charge in [-0.3, -0.25) is 4.31 Å². The van der Waals surface area contributed by atoms with Crippen LogP contribution in [0.5, 0.6) is 0 Å². The van der Waals surface area contributed by atoms with Crippen molar-refractivity contribution in [3.8, 4) is 0 Å². The molecule has 2 nitrogen and oxygen atoms in total. The lowest BCUT2D eigenvalue weighted by Crippen LogP contribution is -2.23. The van der Waals surface area contributed by atoms with Crippen LogP contribution >= 0.6 is 12.8 Å². The van der Waals surface area contributed by atoms with Gasteiger partial charge in [0.25, 0.3) is 0 Å².